The van der Waals surface area contributed by atoms with Crippen molar-refractivity contribution in [1.29, 1.82) is 0 Å². The van der Waals surface area contributed by atoms with E-state index in [9.17, 15) is 9.35 Å². The molecule has 2 aliphatic rings. The van der Waals surface area contributed by atoms with Gasteiger partial charge in [-0.25, -0.2) is 4.79 Å². The summed E-state index contributed by atoms with van der Waals surface area (Å²) in [4.78, 5) is 18.5. The summed E-state index contributed by atoms with van der Waals surface area (Å²) in [6.45, 7) is 12.7. The number of pyridine rings is 1. The summed E-state index contributed by atoms with van der Waals surface area (Å²) in [6, 6.07) is 1.98. The lowest BCUT2D eigenvalue weighted by Crippen LogP contribution is -2.47. The van der Waals surface area contributed by atoms with Gasteiger partial charge in [0.05, 0.1) is 0 Å². The number of fused-ring (bicyclic) bond motifs is 1. The molecule has 1 aromatic heterocycles. The number of carbonyl (C=O) groups excluding carboxylic acids is 1. The van der Waals surface area contributed by atoms with E-state index in [4.69, 9.17) is 9.13 Å². The highest BCUT2D eigenvalue weighted by Gasteiger charge is 2.48. The minimum atomic E-state index is -1.33. The first-order chi connectivity index (χ1) is 12.9. The predicted molar refractivity (Wildman–Crippen MR) is 112 cm³/mol. The monoisotopic (exact) mass is 405 g/mol. The molecule has 0 bridgehead atoms. The van der Waals surface area contributed by atoms with Crippen LogP contribution in [0.25, 0.3) is 0 Å². The van der Waals surface area contributed by atoms with E-state index in [1.807, 2.05) is 53.8 Å². The van der Waals surface area contributed by atoms with E-state index in [0.29, 0.717) is 13.1 Å². The summed E-state index contributed by atoms with van der Waals surface area (Å²) in [5.74, 6) is 0. The van der Waals surface area contributed by atoms with E-state index in [-0.39, 0.29) is 11.5 Å². The molecule has 1 fully saturated rings. The highest BCUT2D eigenvalue weighted by molar-refractivity contribution is 7.91. The van der Waals surface area contributed by atoms with Crippen LogP contribution in [0.2, 0.25) is 0 Å². The maximum Gasteiger partial charge on any atom is 0.410 e. The summed E-state index contributed by atoms with van der Waals surface area (Å²) in [5, 5.41) is 0. The van der Waals surface area contributed by atoms with Crippen LogP contribution in [0.5, 0.6) is 0 Å². The second kappa shape index (κ2) is 7.34. The molecule has 0 saturated carbocycles. The van der Waals surface area contributed by atoms with Gasteiger partial charge in [-0.05, 0) is 72.4 Å². The normalized spacial score (nSPS) is 21.7. The summed E-state index contributed by atoms with van der Waals surface area (Å²) in [6.07, 6.45) is 5.78. The number of aromatic nitrogens is 1. The van der Waals surface area contributed by atoms with Crippen LogP contribution in [0, 0.1) is 5.41 Å². The Kier molecular flexibility index (Phi) is 5.53. The molecule has 1 spiro atoms. The number of piperidine rings is 1. The van der Waals surface area contributed by atoms with Crippen molar-refractivity contribution in [3.05, 3.63) is 29.6 Å². The number of nitrogens with zero attached hydrogens (tertiary/aromatic N) is 3. The third-order valence-electron chi connectivity index (χ3n) is 5.26. The zero-order valence-electron chi connectivity index (χ0n) is 17.7. The van der Waals surface area contributed by atoms with Gasteiger partial charge in [0.25, 0.3) is 0 Å². The first kappa shape index (κ1) is 21.1. The zero-order chi connectivity index (χ0) is 20.7. The number of hydrogen-bond acceptors (Lipinski definition) is 5. The van der Waals surface area contributed by atoms with Gasteiger partial charge in [-0.1, -0.05) is 4.40 Å². The van der Waals surface area contributed by atoms with E-state index >= 15 is 0 Å². The molecule has 28 heavy (non-hydrogen) atoms. The Morgan fingerprint density at radius 3 is 2.46 bits per heavy atom. The molecule has 1 saturated heterocycles. The van der Waals surface area contributed by atoms with Crippen molar-refractivity contribution in [3.63, 3.8) is 0 Å². The van der Waals surface area contributed by atoms with Gasteiger partial charge in [0, 0.05) is 36.5 Å². The Bertz CT molecular complexity index is 772. The smallest absolute Gasteiger partial charge is 0.410 e. The topological polar surface area (TPSA) is 77.8 Å². The van der Waals surface area contributed by atoms with Gasteiger partial charge in [0.15, 0.2) is 0 Å². The number of likely N-dealkylation sites (tertiary alicyclic amines) is 1. The molecule has 0 N–H and O–H groups in total. The summed E-state index contributed by atoms with van der Waals surface area (Å²) < 4.78 is 22.6. The van der Waals surface area contributed by atoms with Gasteiger partial charge in [-0.3, -0.25) is 4.98 Å². The second-order valence-electron chi connectivity index (χ2n) is 9.76. The molecule has 0 aromatic carbocycles. The summed E-state index contributed by atoms with van der Waals surface area (Å²) in [5.41, 5.74) is 2.43. The van der Waals surface area contributed by atoms with E-state index in [1.54, 1.807) is 11.1 Å². The van der Waals surface area contributed by atoms with Gasteiger partial charge < -0.3 is 14.2 Å². The molecule has 2 heterocycles. The largest absolute Gasteiger partial charge is 0.591 e. The van der Waals surface area contributed by atoms with Crippen molar-refractivity contribution in [3.8, 4) is 0 Å². The van der Waals surface area contributed by atoms with Gasteiger partial charge in [0.1, 0.15) is 27.4 Å². The quantitative estimate of drug-likeness (QED) is 0.664. The fraction of sp³-hybridized carbons (Fsp3) is 0.667. The van der Waals surface area contributed by atoms with Crippen molar-refractivity contribution in [1.82, 2.24) is 9.88 Å². The molecule has 1 aliphatic heterocycles. The Balaban J connectivity index is 1.85. The fourth-order valence-electron chi connectivity index (χ4n) is 3.76. The van der Waals surface area contributed by atoms with Crippen LogP contribution in [-0.4, -0.2) is 49.7 Å². The Hall–Kier alpha value is -1.60. The molecule has 3 rings (SSSR count). The van der Waals surface area contributed by atoms with Gasteiger partial charge >= 0.3 is 6.09 Å². The molecule has 154 valence electrons. The summed E-state index contributed by atoms with van der Waals surface area (Å²) >= 11 is -1.33. The third-order valence-corrected chi connectivity index (χ3v) is 6.66. The van der Waals surface area contributed by atoms with Gasteiger partial charge in [-0.2, -0.15) is 0 Å². The van der Waals surface area contributed by atoms with Crippen molar-refractivity contribution >= 4 is 23.2 Å². The Morgan fingerprint density at radius 2 is 1.89 bits per heavy atom. The van der Waals surface area contributed by atoms with Gasteiger partial charge in [-0.15, -0.1) is 0 Å². The summed E-state index contributed by atoms with van der Waals surface area (Å²) in [7, 11) is 0. The SMILES string of the molecule is CC(C)(C)OC(=O)N1CCC2(CC1)Cc1cnccc1/C2=N\[S@+]([O-])C(C)(C)C. The third kappa shape index (κ3) is 4.35. The average molecular weight is 406 g/mol. The average Bonchev–Trinajstić information content (AvgIpc) is 2.86. The molecule has 6 nitrogen and oxygen atoms in total. The Labute approximate surface area is 171 Å². The van der Waals surface area contributed by atoms with Gasteiger partial charge in [0.2, 0.25) is 0 Å². The van der Waals surface area contributed by atoms with E-state index in [0.717, 1.165) is 36.1 Å². The number of ether oxygens (including phenoxy) is 1. The van der Waals surface area contributed by atoms with Crippen LogP contribution < -0.4 is 0 Å². The number of hydrogen-bond donors (Lipinski definition) is 0. The standard InChI is InChI=1S/C21H31N3O3S/c1-19(2,3)27-18(25)24-11-8-21(9-12-24)13-15-14-22-10-7-16(15)17(21)23-28(26)20(4,5)6/h7,10,14H,8-9,11-13H2,1-6H3/b23-17+/t28-/m1/s1. The molecule has 0 unspecified atom stereocenters. The molecule has 0 radical (unpaired) electrons. The Morgan fingerprint density at radius 1 is 1.25 bits per heavy atom. The highest BCUT2D eigenvalue weighted by atomic mass is 32.2. The van der Waals surface area contributed by atoms with Crippen molar-refractivity contribution < 1.29 is 14.1 Å². The van der Waals surface area contributed by atoms with Crippen molar-refractivity contribution in [2.45, 2.75) is 71.2 Å². The lowest BCUT2D eigenvalue weighted by Gasteiger charge is -2.39. The van der Waals surface area contributed by atoms with Crippen LogP contribution in [0.4, 0.5) is 4.79 Å². The van der Waals surface area contributed by atoms with E-state index < -0.39 is 21.7 Å². The van der Waals surface area contributed by atoms with Crippen molar-refractivity contribution in [2.24, 2.45) is 9.81 Å². The lowest BCUT2D eigenvalue weighted by molar-refractivity contribution is 0.0159. The maximum atomic E-state index is 12.8. The molecule has 7 heteroatoms. The second-order valence-corrected chi connectivity index (χ2v) is 11.7. The highest BCUT2D eigenvalue weighted by Crippen LogP contribution is 2.45. The van der Waals surface area contributed by atoms with Crippen molar-refractivity contribution in [2.75, 3.05) is 13.1 Å². The number of carbonyl (C=O) groups is 1. The van der Waals surface area contributed by atoms with E-state index in [1.165, 1.54) is 0 Å². The molecular formula is C21H31N3O3S. The van der Waals surface area contributed by atoms with E-state index in [2.05, 4.69) is 4.98 Å². The minimum Gasteiger partial charge on any atom is -0.591 e. The maximum absolute atomic E-state index is 12.8. The molecule has 1 aromatic rings. The fourth-order valence-corrected chi connectivity index (χ4v) is 4.49. The van der Waals surface area contributed by atoms with Crippen LogP contribution in [-0.2, 0) is 22.5 Å². The molecule has 1 aliphatic carbocycles. The zero-order valence-corrected chi connectivity index (χ0v) is 18.6. The first-order valence-electron chi connectivity index (χ1n) is 9.84. The molecule has 1 amide bonds. The molecule has 1 atom stereocenters. The van der Waals surface area contributed by atoms with Crippen LogP contribution in [0.3, 0.4) is 0 Å². The van der Waals surface area contributed by atoms with Crippen LogP contribution in [0.15, 0.2) is 22.9 Å². The minimum absolute atomic E-state index is 0.190. The van der Waals surface area contributed by atoms with Crippen LogP contribution >= 0.6 is 0 Å². The lowest BCUT2D eigenvalue weighted by atomic mass is 9.74. The number of rotatable bonds is 1. The molecular weight excluding hydrogens is 374 g/mol. The number of amides is 1. The van der Waals surface area contributed by atoms with Crippen LogP contribution in [0.1, 0.15) is 65.5 Å². The predicted octanol–water partition coefficient (Wildman–Crippen LogP) is 3.91. The first-order valence-corrected chi connectivity index (χ1v) is 10.9.